The van der Waals surface area contributed by atoms with Gasteiger partial charge in [-0.25, -0.2) is 4.98 Å². The summed E-state index contributed by atoms with van der Waals surface area (Å²) in [5.41, 5.74) is 6.68. The Labute approximate surface area is 254 Å². The third-order valence-corrected chi connectivity index (χ3v) is 8.77. The van der Waals surface area contributed by atoms with Crippen LogP contribution in [0.1, 0.15) is 23.2 Å². The summed E-state index contributed by atoms with van der Waals surface area (Å²) in [4.78, 5) is 18.2. The van der Waals surface area contributed by atoms with Gasteiger partial charge in [0.15, 0.2) is 16.8 Å². The van der Waals surface area contributed by atoms with E-state index in [4.69, 9.17) is 14.8 Å². The molecule has 0 radical (unpaired) electrons. The number of hydrogen-bond donors (Lipinski definition) is 0. The van der Waals surface area contributed by atoms with Crippen molar-refractivity contribution in [1.29, 1.82) is 0 Å². The Morgan fingerprint density at radius 3 is 2.26 bits per heavy atom. The Kier molecular flexibility index (Phi) is 7.82. The van der Waals surface area contributed by atoms with Crippen molar-refractivity contribution in [3.05, 3.63) is 121 Å². The number of benzene rings is 4. The highest BCUT2D eigenvalue weighted by molar-refractivity contribution is 7.99. The molecule has 6 aromatic rings. The largest absolute Gasteiger partial charge is 0.376 e. The zero-order chi connectivity index (χ0) is 29.0. The van der Waals surface area contributed by atoms with E-state index in [1.54, 1.807) is 0 Å². The number of aromatic nitrogens is 4. The number of carbonyl (C=O) groups is 1. The van der Waals surface area contributed by atoms with Crippen LogP contribution in [0, 0.1) is 0 Å². The molecule has 43 heavy (non-hydrogen) atoms. The van der Waals surface area contributed by atoms with Crippen molar-refractivity contribution < 1.29 is 9.53 Å². The number of ether oxygens (including phenoxy) is 1. The van der Waals surface area contributed by atoms with Crippen LogP contribution < -0.4 is 0 Å². The monoisotopic (exact) mass is 582 g/mol. The number of ketones is 1. The highest BCUT2D eigenvalue weighted by Crippen LogP contribution is 2.34. The van der Waals surface area contributed by atoms with E-state index < -0.39 is 0 Å². The van der Waals surface area contributed by atoms with Crippen molar-refractivity contribution in [2.45, 2.75) is 30.6 Å². The van der Waals surface area contributed by atoms with Crippen LogP contribution in [0.15, 0.2) is 120 Å². The summed E-state index contributed by atoms with van der Waals surface area (Å²) in [6.07, 6.45) is 2.11. The molecule has 0 bridgehead atoms. The van der Waals surface area contributed by atoms with Crippen LogP contribution >= 0.6 is 11.8 Å². The van der Waals surface area contributed by atoms with E-state index in [-0.39, 0.29) is 17.6 Å². The summed E-state index contributed by atoms with van der Waals surface area (Å²) in [7, 11) is 0. The van der Waals surface area contributed by atoms with Crippen molar-refractivity contribution in [2.24, 2.45) is 0 Å². The second-order valence-corrected chi connectivity index (χ2v) is 11.6. The van der Waals surface area contributed by atoms with Crippen molar-refractivity contribution in [3.8, 4) is 33.8 Å². The zero-order valence-electron chi connectivity index (χ0n) is 23.6. The average molecular weight is 583 g/mol. The average Bonchev–Trinajstić information content (AvgIpc) is 3.74. The van der Waals surface area contributed by atoms with E-state index in [1.807, 2.05) is 78.9 Å². The molecule has 7 rings (SSSR count). The summed E-state index contributed by atoms with van der Waals surface area (Å²) in [5.74, 6) is 1.08. The van der Waals surface area contributed by atoms with Gasteiger partial charge in [0.1, 0.15) is 0 Å². The summed E-state index contributed by atoms with van der Waals surface area (Å²) in [6, 6.07) is 38.4. The quantitative estimate of drug-likeness (QED) is 0.127. The molecule has 0 saturated carbocycles. The van der Waals surface area contributed by atoms with Gasteiger partial charge in [-0.15, -0.1) is 10.2 Å². The Morgan fingerprint density at radius 1 is 0.814 bits per heavy atom. The number of Topliss-reactive ketones (excluding diaryl/α,β-unsaturated/α-hetero) is 1. The number of fused-ring (bicyclic) bond motifs is 1. The van der Waals surface area contributed by atoms with Crippen LogP contribution in [0.3, 0.4) is 0 Å². The van der Waals surface area contributed by atoms with Gasteiger partial charge in [0.05, 0.1) is 29.6 Å². The third-order valence-electron chi connectivity index (χ3n) is 7.80. The van der Waals surface area contributed by atoms with E-state index in [9.17, 15) is 4.79 Å². The predicted molar refractivity (Wildman–Crippen MR) is 172 cm³/mol. The number of hydrogen-bond acceptors (Lipinski definition) is 6. The minimum Gasteiger partial charge on any atom is -0.376 e. The second kappa shape index (κ2) is 12.3. The maximum atomic E-state index is 13.3. The lowest BCUT2D eigenvalue weighted by Gasteiger charge is -2.16. The van der Waals surface area contributed by atoms with Crippen LogP contribution in [-0.2, 0) is 11.3 Å². The Hall–Kier alpha value is -4.59. The number of thioether (sulfide) groups is 1. The van der Waals surface area contributed by atoms with Crippen LogP contribution in [0.5, 0.6) is 0 Å². The fourth-order valence-corrected chi connectivity index (χ4v) is 6.40. The standard InChI is InChI=1S/C36H30N4O2S/c41-34(28-19-17-26(18-20-28)25-10-3-1-4-11-25)24-43-36-39-38-35(40(36)23-29-14-9-21-42-29)31-22-33(27-12-5-2-6-13-27)37-32-16-8-7-15-30(31)32/h1-8,10-13,15-20,22,29H,9,14,21,23-24H2. The van der Waals surface area contributed by atoms with E-state index in [1.165, 1.54) is 11.8 Å². The van der Waals surface area contributed by atoms with E-state index in [0.29, 0.717) is 17.3 Å². The first-order chi connectivity index (χ1) is 21.2. The summed E-state index contributed by atoms with van der Waals surface area (Å²) in [5, 5.41) is 11.0. The number of carbonyl (C=O) groups excluding carboxylic acids is 1. The van der Waals surface area contributed by atoms with Crippen LogP contribution in [0.2, 0.25) is 0 Å². The lowest BCUT2D eigenvalue weighted by molar-refractivity contribution is 0.0953. The maximum Gasteiger partial charge on any atom is 0.192 e. The molecule has 0 spiro atoms. The molecule has 6 nitrogen and oxygen atoms in total. The molecule has 7 heteroatoms. The molecule has 1 unspecified atom stereocenters. The van der Waals surface area contributed by atoms with Crippen molar-refractivity contribution in [3.63, 3.8) is 0 Å². The van der Waals surface area contributed by atoms with Gasteiger partial charge in [0.25, 0.3) is 0 Å². The summed E-state index contributed by atoms with van der Waals surface area (Å²) < 4.78 is 8.16. The van der Waals surface area contributed by atoms with Gasteiger partial charge in [0, 0.05) is 28.7 Å². The fraction of sp³-hybridized carbons (Fsp3) is 0.167. The third kappa shape index (κ3) is 5.87. The Balaban J connectivity index is 1.21. The first-order valence-electron chi connectivity index (χ1n) is 14.5. The van der Waals surface area contributed by atoms with Crippen molar-refractivity contribution in [2.75, 3.05) is 12.4 Å². The highest BCUT2D eigenvalue weighted by Gasteiger charge is 2.24. The number of para-hydroxylation sites is 1. The first-order valence-corrected chi connectivity index (χ1v) is 15.5. The molecule has 1 atom stereocenters. The topological polar surface area (TPSA) is 69.9 Å². The van der Waals surface area contributed by atoms with Gasteiger partial charge in [-0.3, -0.25) is 9.36 Å². The molecule has 4 aromatic carbocycles. The van der Waals surface area contributed by atoms with Gasteiger partial charge < -0.3 is 4.74 Å². The van der Waals surface area contributed by atoms with Gasteiger partial charge in [-0.2, -0.15) is 0 Å². The lowest BCUT2D eigenvalue weighted by Crippen LogP contribution is -2.17. The number of rotatable bonds is 9. The second-order valence-electron chi connectivity index (χ2n) is 10.6. The zero-order valence-corrected chi connectivity index (χ0v) is 24.4. The SMILES string of the molecule is O=C(CSc1nnc(-c2cc(-c3ccccc3)nc3ccccc23)n1CC1CCCO1)c1ccc(-c2ccccc2)cc1. The van der Waals surface area contributed by atoms with Gasteiger partial charge in [-0.1, -0.05) is 115 Å². The molecule has 0 aliphatic carbocycles. The fourth-order valence-electron chi connectivity index (χ4n) is 5.56. The lowest BCUT2D eigenvalue weighted by atomic mass is 10.0. The first kappa shape index (κ1) is 27.3. The Morgan fingerprint density at radius 2 is 1.51 bits per heavy atom. The molecule has 2 aromatic heterocycles. The molecule has 0 N–H and O–H groups in total. The molecule has 1 saturated heterocycles. The maximum absolute atomic E-state index is 13.3. The minimum absolute atomic E-state index is 0.0542. The summed E-state index contributed by atoms with van der Waals surface area (Å²) in [6.45, 7) is 1.39. The van der Waals surface area contributed by atoms with Crippen LogP contribution in [0.4, 0.5) is 0 Å². The molecular weight excluding hydrogens is 552 g/mol. The molecule has 212 valence electrons. The number of nitrogens with zero attached hydrogens (tertiary/aromatic N) is 4. The smallest absolute Gasteiger partial charge is 0.192 e. The summed E-state index contributed by atoms with van der Waals surface area (Å²) >= 11 is 1.42. The Bertz CT molecular complexity index is 1870. The minimum atomic E-state index is 0.0542. The van der Waals surface area contributed by atoms with E-state index in [2.05, 4.69) is 46.1 Å². The molecule has 1 fully saturated rings. The van der Waals surface area contributed by atoms with Crippen LogP contribution in [0.25, 0.3) is 44.7 Å². The van der Waals surface area contributed by atoms with Crippen molar-refractivity contribution >= 4 is 28.4 Å². The molecule has 3 heterocycles. The highest BCUT2D eigenvalue weighted by atomic mass is 32.2. The molecule has 1 aliphatic rings. The number of pyridine rings is 1. The molecule has 0 amide bonds. The van der Waals surface area contributed by atoms with Crippen LogP contribution in [-0.4, -0.2) is 44.0 Å². The van der Waals surface area contributed by atoms with Gasteiger partial charge in [0.2, 0.25) is 0 Å². The molecule has 1 aliphatic heterocycles. The van der Waals surface area contributed by atoms with Crippen molar-refractivity contribution in [1.82, 2.24) is 19.7 Å². The predicted octanol–water partition coefficient (Wildman–Crippen LogP) is 7.98. The van der Waals surface area contributed by atoms with Gasteiger partial charge in [-0.05, 0) is 36.1 Å². The van der Waals surface area contributed by atoms with E-state index in [0.717, 1.165) is 64.1 Å². The van der Waals surface area contributed by atoms with Gasteiger partial charge >= 0.3 is 0 Å². The molecular formula is C36H30N4O2S. The van der Waals surface area contributed by atoms with E-state index >= 15 is 0 Å². The normalized spacial score (nSPS) is 14.7.